The van der Waals surface area contributed by atoms with Gasteiger partial charge in [-0.05, 0) is 12.1 Å². The number of carbonyl (C=O) groups is 1. The van der Waals surface area contributed by atoms with Crippen molar-refractivity contribution in [2.75, 3.05) is 7.11 Å². The predicted molar refractivity (Wildman–Crippen MR) is 61.7 cm³/mol. The number of thiazole rings is 1. The van der Waals surface area contributed by atoms with Crippen LogP contribution in [0.25, 0.3) is 10.7 Å². The Balaban J connectivity index is 2.39. The van der Waals surface area contributed by atoms with Crippen LogP contribution in [-0.4, -0.2) is 23.0 Å². The zero-order valence-corrected chi connectivity index (χ0v) is 9.88. The molecule has 0 atom stereocenters. The van der Waals surface area contributed by atoms with E-state index < -0.39 is 5.97 Å². The second-order valence-electron chi connectivity index (χ2n) is 2.86. The average Bonchev–Trinajstić information content (AvgIpc) is 2.78. The van der Waals surface area contributed by atoms with E-state index in [0.29, 0.717) is 20.6 Å². The number of rotatable bonds is 2. The molecule has 0 fully saturated rings. The van der Waals surface area contributed by atoms with Crippen LogP contribution in [0.1, 0.15) is 9.67 Å². The zero-order chi connectivity index (χ0) is 11.5. The number of nitrogens with zero attached hydrogens (tertiary/aromatic N) is 2. The van der Waals surface area contributed by atoms with E-state index in [-0.39, 0.29) is 0 Å². The molecular formula is C10H7ClN2O2S. The van der Waals surface area contributed by atoms with E-state index in [4.69, 9.17) is 11.6 Å². The van der Waals surface area contributed by atoms with Crippen LogP contribution in [0.2, 0.25) is 5.02 Å². The molecule has 6 heteroatoms. The minimum absolute atomic E-state index is 0.407. The smallest absolute Gasteiger partial charge is 0.349 e. The number of hydrogen-bond donors (Lipinski definition) is 0. The Labute approximate surface area is 101 Å². The van der Waals surface area contributed by atoms with E-state index in [2.05, 4.69) is 14.7 Å². The Hall–Kier alpha value is -1.46. The monoisotopic (exact) mass is 254 g/mol. The lowest BCUT2D eigenvalue weighted by molar-refractivity contribution is 0.0606. The van der Waals surface area contributed by atoms with Crippen molar-refractivity contribution < 1.29 is 9.53 Å². The molecule has 0 saturated heterocycles. The van der Waals surface area contributed by atoms with Crippen LogP contribution in [0.15, 0.2) is 24.5 Å². The van der Waals surface area contributed by atoms with E-state index >= 15 is 0 Å². The van der Waals surface area contributed by atoms with Crippen LogP contribution in [-0.2, 0) is 4.74 Å². The van der Waals surface area contributed by atoms with Crippen molar-refractivity contribution in [2.45, 2.75) is 0 Å². The molecule has 0 unspecified atom stereocenters. The Morgan fingerprint density at radius 2 is 2.31 bits per heavy atom. The third-order valence-electron chi connectivity index (χ3n) is 1.85. The first kappa shape index (κ1) is 11.0. The van der Waals surface area contributed by atoms with Crippen molar-refractivity contribution >= 4 is 28.9 Å². The predicted octanol–water partition coefficient (Wildman–Crippen LogP) is 2.65. The molecular weight excluding hydrogens is 248 g/mol. The number of ether oxygens (including phenoxy) is 1. The van der Waals surface area contributed by atoms with Crippen LogP contribution in [0, 0.1) is 0 Å². The summed E-state index contributed by atoms with van der Waals surface area (Å²) in [5.41, 5.74) is 0.573. The summed E-state index contributed by atoms with van der Waals surface area (Å²) in [6, 6.07) is 3.46. The summed E-state index contributed by atoms with van der Waals surface area (Å²) in [6.07, 6.45) is 3.08. The first-order chi connectivity index (χ1) is 7.72. The fourth-order valence-electron chi connectivity index (χ4n) is 1.12. The van der Waals surface area contributed by atoms with Crippen molar-refractivity contribution in [3.8, 4) is 10.7 Å². The normalized spacial score (nSPS) is 10.1. The van der Waals surface area contributed by atoms with Crippen molar-refractivity contribution in [1.29, 1.82) is 0 Å². The number of hydrogen-bond acceptors (Lipinski definition) is 5. The van der Waals surface area contributed by atoms with Crippen molar-refractivity contribution in [3.63, 3.8) is 0 Å². The first-order valence-corrected chi connectivity index (χ1v) is 5.57. The van der Waals surface area contributed by atoms with E-state index in [1.807, 2.05) is 0 Å². The first-order valence-electron chi connectivity index (χ1n) is 4.37. The van der Waals surface area contributed by atoms with Gasteiger partial charge in [-0.2, -0.15) is 0 Å². The summed E-state index contributed by atoms with van der Waals surface area (Å²) in [5.74, 6) is -0.407. The second kappa shape index (κ2) is 4.59. The van der Waals surface area contributed by atoms with Crippen molar-refractivity contribution in [2.24, 2.45) is 0 Å². The molecule has 2 heterocycles. The highest BCUT2D eigenvalue weighted by molar-refractivity contribution is 7.16. The maximum Gasteiger partial charge on any atom is 0.349 e. The number of esters is 1. The van der Waals surface area contributed by atoms with E-state index in [1.165, 1.54) is 24.6 Å². The van der Waals surface area contributed by atoms with E-state index in [1.54, 1.807) is 18.3 Å². The molecule has 0 aliphatic heterocycles. The van der Waals surface area contributed by atoms with Crippen LogP contribution in [0.3, 0.4) is 0 Å². The van der Waals surface area contributed by atoms with Gasteiger partial charge in [-0.25, -0.2) is 9.78 Å². The molecule has 0 aliphatic rings. The van der Waals surface area contributed by atoms with Gasteiger partial charge in [0, 0.05) is 6.20 Å². The molecule has 0 spiro atoms. The molecule has 0 aromatic carbocycles. The van der Waals surface area contributed by atoms with Crippen LogP contribution in [0.5, 0.6) is 0 Å². The van der Waals surface area contributed by atoms with Crippen molar-refractivity contribution in [1.82, 2.24) is 9.97 Å². The number of halogens is 1. The van der Waals surface area contributed by atoms with Gasteiger partial charge >= 0.3 is 5.97 Å². The van der Waals surface area contributed by atoms with Gasteiger partial charge in [0.15, 0.2) is 0 Å². The van der Waals surface area contributed by atoms with Gasteiger partial charge in [-0.1, -0.05) is 11.6 Å². The zero-order valence-electron chi connectivity index (χ0n) is 8.31. The highest BCUT2D eigenvalue weighted by atomic mass is 35.5. The molecule has 82 valence electrons. The highest BCUT2D eigenvalue weighted by Gasteiger charge is 2.14. The lowest BCUT2D eigenvalue weighted by Crippen LogP contribution is -1.96. The molecule has 0 amide bonds. The van der Waals surface area contributed by atoms with Gasteiger partial charge in [0.25, 0.3) is 0 Å². The fraction of sp³-hybridized carbons (Fsp3) is 0.100. The Kier molecular flexibility index (Phi) is 3.17. The minimum Gasteiger partial charge on any atom is -0.465 e. The van der Waals surface area contributed by atoms with Crippen molar-refractivity contribution in [3.05, 3.63) is 34.4 Å². The standard InChI is InChI=1S/C10H7ClN2O2S/c1-15-10(14)7-5-13-9(16-7)8-6(11)3-2-4-12-8/h2-5H,1H3. The van der Waals surface area contributed by atoms with Gasteiger partial charge in [0.2, 0.25) is 0 Å². The molecule has 4 nitrogen and oxygen atoms in total. The average molecular weight is 255 g/mol. The molecule has 0 radical (unpaired) electrons. The van der Waals surface area contributed by atoms with Gasteiger partial charge in [0.05, 0.1) is 18.3 Å². The fourth-order valence-corrected chi connectivity index (χ4v) is 2.23. The summed E-state index contributed by atoms with van der Waals surface area (Å²) in [5, 5.41) is 1.11. The molecule has 2 rings (SSSR count). The summed E-state index contributed by atoms with van der Waals surface area (Å²) in [6.45, 7) is 0. The second-order valence-corrected chi connectivity index (χ2v) is 4.29. The van der Waals surface area contributed by atoms with Crippen LogP contribution in [0.4, 0.5) is 0 Å². The Morgan fingerprint density at radius 1 is 1.50 bits per heavy atom. The third-order valence-corrected chi connectivity index (χ3v) is 3.14. The molecule has 0 N–H and O–H groups in total. The molecule has 2 aromatic heterocycles. The van der Waals surface area contributed by atoms with Gasteiger partial charge in [0.1, 0.15) is 15.6 Å². The molecule has 0 saturated carbocycles. The van der Waals surface area contributed by atoms with Gasteiger partial charge < -0.3 is 4.74 Å². The van der Waals surface area contributed by atoms with Crippen LogP contribution < -0.4 is 0 Å². The lowest BCUT2D eigenvalue weighted by atomic mass is 10.4. The quantitative estimate of drug-likeness (QED) is 0.773. The maximum atomic E-state index is 11.2. The SMILES string of the molecule is COC(=O)c1cnc(-c2ncccc2Cl)s1. The van der Waals surface area contributed by atoms with Crippen LogP contribution >= 0.6 is 22.9 Å². The number of aromatic nitrogens is 2. The van der Waals surface area contributed by atoms with Gasteiger partial charge in [-0.15, -0.1) is 11.3 Å². The van der Waals surface area contributed by atoms with Gasteiger partial charge in [-0.3, -0.25) is 4.98 Å². The number of pyridine rings is 1. The summed E-state index contributed by atoms with van der Waals surface area (Å²) in [4.78, 5) is 19.9. The number of methoxy groups -OCH3 is 1. The van der Waals surface area contributed by atoms with E-state index in [9.17, 15) is 4.79 Å². The third kappa shape index (κ3) is 2.05. The minimum atomic E-state index is -0.407. The number of carbonyl (C=O) groups excluding carboxylic acids is 1. The molecule has 0 aliphatic carbocycles. The lowest BCUT2D eigenvalue weighted by Gasteiger charge is -1.96. The molecule has 0 bridgehead atoms. The highest BCUT2D eigenvalue weighted by Crippen LogP contribution is 2.29. The Bertz CT molecular complexity index is 527. The summed E-state index contributed by atoms with van der Waals surface area (Å²) in [7, 11) is 1.33. The maximum absolute atomic E-state index is 11.2. The summed E-state index contributed by atoms with van der Waals surface area (Å²) < 4.78 is 4.59. The topological polar surface area (TPSA) is 52.1 Å². The van der Waals surface area contributed by atoms with E-state index in [0.717, 1.165) is 0 Å². The molecule has 16 heavy (non-hydrogen) atoms. The Morgan fingerprint density at radius 3 is 3.00 bits per heavy atom. The molecule has 2 aromatic rings. The largest absolute Gasteiger partial charge is 0.465 e. The summed E-state index contributed by atoms with van der Waals surface area (Å²) >= 11 is 7.17.